The van der Waals surface area contributed by atoms with Crippen molar-refractivity contribution in [1.29, 1.82) is 0 Å². The highest BCUT2D eigenvalue weighted by Crippen LogP contribution is 2.19. The molecule has 0 atom stereocenters. The minimum absolute atomic E-state index is 0.169. The fraction of sp³-hybridized carbons (Fsp3) is 0.286. The smallest absolute Gasteiger partial charge is 0.252 e. The second kappa shape index (κ2) is 11.7. The van der Waals surface area contributed by atoms with E-state index >= 15 is 0 Å². The number of carbonyl (C=O) groups is 1. The van der Waals surface area contributed by atoms with Gasteiger partial charge in [-0.25, -0.2) is 4.98 Å². The predicted octanol–water partition coefficient (Wildman–Crippen LogP) is 6.08. The normalized spacial score (nSPS) is 11.0. The number of imidazole rings is 1. The molecular formula is C28H30ClN3O2. The summed E-state index contributed by atoms with van der Waals surface area (Å²) in [6.07, 6.45) is 3.60. The summed E-state index contributed by atoms with van der Waals surface area (Å²) in [5, 5.41) is 3.42. The van der Waals surface area contributed by atoms with Crippen molar-refractivity contribution < 1.29 is 9.53 Å². The molecule has 0 aliphatic heterocycles. The highest BCUT2D eigenvalue weighted by Gasteiger charge is 2.12. The van der Waals surface area contributed by atoms with Crippen LogP contribution in [0.3, 0.4) is 0 Å². The van der Waals surface area contributed by atoms with Crippen molar-refractivity contribution in [2.75, 3.05) is 13.2 Å². The van der Waals surface area contributed by atoms with E-state index in [2.05, 4.69) is 35.0 Å². The van der Waals surface area contributed by atoms with Crippen LogP contribution in [0.15, 0.2) is 72.8 Å². The number of nitrogens with zero attached hydrogens (tertiary/aromatic N) is 2. The Labute approximate surface area is 205 Å². The number of benzene rings is 3. The maximum absolute atomic E-state index is 12.5. The molecule has 6 heteroatoms. The number of nitrogens with one attached hydrogen (secondary N) is 1. The fourth-order valence-corrected chi connectivity index (χ4v) is 4.20. The van der Waals surface area contributed by atoms with Gasteiger partial charge in [0.05, 0.1) is 28.2 Å². The summed E-state index contributed by atoms with van der Waals surface area (Å²) in [6.45, 7) is 4.18. The van der Waals surface area contributed by atoms with Gasteiger partial charge in [0.15, 0.2) is 0 Å². The first-order valence-electron chi connectivity index (χ1n) is 11.8. The molecule has 4 aromatic rings. The Morgan fingerprint density at radius 1 is 1.00 bits per heavy atom. The highest BCUT2D eigenvalue weighted by molar-refractivity contribution is 6.33. The lowest BCUT2D eigenvalue weighted by atomic mass is 10.2. The molecule has 1 aromatic heterocycles. The number of hydrogen-bond acceptors (Lipinski definition) is 3. The Kier molecular flexibility index (Phi) is 8.21. The van der Waals surface area contributed by atoms with E-state index in [9.17, 15) is 4.79 Å². The van der Waals surface area contributed by atoms with Crippen LogP contribution in [0.1, 0.15) is 41.5 Å². The SMILES string of the molecule is CCc1ccc(OCCCCn2c(CCNC(=O)c3ccccc3Cl)nc3ccccc32)cc1. The molecule has 0 spiro atoms. The molecule has 0 bridgehead atoms. The maximum atomic E-state index is 12.5. The summed E-state index contributed by atoms with van der Waals surface area (Å²) in [5.41, 5.74) is 3.89. The van der Waals surface area contributed by atoms with Gasteiger partial charge in [-0.05, 0) is 61.2 Å². The van der Waals surface area contributed by atoms with Crippen LogP contribution >= 0.6 is 11.6 Å². The van der Waals surface area contributed by atoms with Crippen molar-refractivity contribution in [3.63, 3.8) is 0 Å². The molecule has 0 saturated heterocycles. The van der Waals surface area contributed by atoms with E-state index in [0.717, 1.165) is 48.4 Å². The van der Waals surface area contributed by atoms with Crippen LogP contribution in [0.25, 0.3) is 11.0 Å². The minimum Gasteiger partial charge on any atom is -0.494 e. The number of hydrogen-bond donors (Lipinski definition) is 1. The molecule has 1 N–H and O–H groups in total. The molecule has 0 radical (unpaired) electrons. The molecule has 0 saturated carbocycles. The first kappa shape index (κ1) is 23.8. The number of rotatable bonds is 11. The summed E-state index contributed by atoms with van der Waals surface area (Å²) in [7, 11) is 0. The Morgan fingerprint density at radius 2 is 1.76 bits per heavy atom. The van der Waals surface area contributed by atoms with Gasteiger partial charge in [0.1, 0.15) is 11.6 Å². The van der Waals surface area contributed by atoms with Crippen molar-refractivity contribution in [3.05, 3.63) is 94.8 Å². The van der Waals surface area contributed by atoms with Crippen LogP contribution in [0.2, 0.25) is 5.02 Å². The van der Waals surface area contributed by atoms with Crippen molar-refractivity contribution in [3.8, 4) is 5.75 Å². The second-order valence-electron chi connectivity index (χ2n) is 8.21. The average Bonchev–Trinajstić information content (AvgIpc) is 3.21. The number of halogens is 1. The minimum atomic E-state index is -0.169. The third-order valence-electron chi connectivity index (χ3n) is 5.86. The van der Waals surface area contributed by atoms with Crippen LogP contribution in [-0.2, 0) is 19.4 Å². The zero-order valence-corrected chi connectivity index (χ0v) is 20.2. The Morgan fingerprint density at radius 3 is 2.56 bits per heavy atom. The Balaban J connectivity index is 1.32. The fourth-order valence-electron chi connectivity index (χ4n) is 3.98. The number of fused-ring (bicyclic) bond motifs is 1. The topological polar surface area (TPSA) is 56.1 Å². The number of aryl methyl sites for hydroxylation is 2. The number of carbonyl (C=O) groups excluding carboxylic acids is 1. The van der Waals surface area contributed by atoms with Gasteiger partial charge in [0.2, 0.25) is 0 Å². The Hall–Kier alpha value is -3.31. The van der Waals surface area contributed by atoms with Crippen molar-refractivity contribution >= 4 is 28.5 Å². The molecule has 0 aliphatic carbocycles. The van der Waals surface area contributed by atoms with Crippen molar-refractivity contribution in [1.82, 2.24) is 14.9 Å². The molecular weight excluding hydrogens is 446 g/mol. The van der Waals surface area contributed by atoms with E-state index < -0.39 is 0 Å². The van der Waals surface area contributed by atoms with Crippen LogP contribution in [-0.4, -0.2) is 28.6 Å². The molecule has 0 fully saturated rings. The lowest BCUT2D eigenvalue weighted by Gasteiger charge is -2.11. The van der Waals surface area contributed by atoms with E-state index in [1.165, 1.54) is 5.56 Å². The molecule has 1 amide bonds. The third-order valence-corrected chi connectivity index (χ3v) is 6.19. The van der Waals surface area contributed by atoms with E-state index in [1.807, 2.05) is 42.5 Å². The van der Waals surface area contributed by atoms with Gasteiger partial charge < -0.3 is 14.6 Å². The molecule has 4 rings (SSSR count). The standard InChI is InChI=1S/C28H30ClN3O2/c1-2-21-13-15-22(16-14-21)34-20-8-7-19-32-26-12-6-5-11-25(26)31-27(32)17-18-30-28(33)23-9-3-4-10-24(23)29/h3-6,9-16H,2,7-8,17-20H2,1H3,(H,30,33). The predicted molar refractivity (Wildman–Crippen MR) is 138 cm³/mol. The van der Waals surface area contributed by atoms with Crippen LogP contribution < -0.4 is 10.1 Å². The van der Waals surface area contributed by atoms with Crippen molar-refractivity contribution in [2.24, 2.45) is 0 Å². The van der Waals surface area contributed by atoms with Gasteiger partial charge in [-0.1, -0.05) is 54.9 Å². The lowest BCUT2D eigenvalue weighted by molar-refractivity contribution is 0.0954. The molecule has 176 valence electrons. The largest absolute Gasteiger partial charge is 0.494 e. The van der Waals surface area contributed by atoms with E-state index in [0.29, 0.717) is 30.2 Å². The summed E-state index contributed by atoms with van der Waals surface area (Å²) < 4.78 is 8.16. The van der Waals surface area contributed by atoms with Crippen LogP contribution in [0.4, 0.5) is 0 Å². The average molecular weight is 476 g/mol. The van der Waals surface area contributed by atoms with Gasteiger partial charge in [0.25, 0.3) is 5.91 Å². The lowest BCUT2D eigenvalue weighted by Crippen LogP contribution is -2.26. The molecule has 34 heavy (non-hydrogen) atoms. The maximum Gasteiger partial charge on any atom is 0.252 e. The van der Waals surface area contributed by atoms with E-state index in [4.69, 9.17) is 21.3 Å². The number of unbranched alkanes of at least 4 members (excludes halogenated alkanes) is 1. The summed E-state index contributed by atoms with van der Waals surface area (Å²) in [6, 6.07) is 23.5. The third kappa shape index (κ3) is 5.97. The van der Waals surface area contributed by atoms with Gasteiger partial charge >= 0.3 is 0 Å². The zero-order chi connectivity index (χ0) is 23.8. The second-order valence-corrected chi connectivity index (χ2v) is 8.61. The molecule has 5 nitrogen and oxygen atoms in total. The van der Waals surface area contributed by atoms with E-state index in [1.54, 1.807) is 12.1 Å². The van der Waals surface area contributed by atoms with E-state index in [-0.39, 0.29) is 5.91 Å². The summed E-state index contributed by atoms with van der Waals surface area (Å²) >= 11 is 6.14. The number of aromatic nitrogens is 2. The quantitative estimate of drug-likeness (QED) is 0.267. The first-order chi connectivity index (χ1) is 16.7. The van der Waals surface area contributed by atoms with Gasteiger partial charge in [0, 0.05) is 19.5 Å². The van der Waals surface area contributed by atoms with Gasteiger partial charge in [-0.2, -0.15) is 0 Å². The number of amides is 1. The van der Waals surface area contributed by atoms with Gasteiger partial charge in [-0.15, -0.1) is 0 Å². The Bertz CT molecular complexity index is 1230. The van der Waals surface area contributed by atoms with Crippen molar-refractivity contribution in [2.45, 2.75) is 39.2 Å². The number of para-hydroxylation sites is 2. The van der Waals surface area contributed by atoms with Gasteiger partial charge in [-0.3, -0.25) is 4.79 Å². The molecule has 0 unspecified atom stereocenters. The monoisotopic (exact) mass is 475 g/mol. The summed E-state index contributed by atoms with van der Waals surface area (Å²) in [5.74, 6) is 1.72. The molecule has 3 aromatic carbocycles. The molecule has 0 aliphatic rings. The van der Waals surface area contributed by atoms with Crippen LogP contribution in [0.5, 0.6) is 5.75 Å². The van der Waals surface area contributed by atoms with Crippen LogP contribution in [0, 0.1) is 0 Å². The zero-order valence-electron chi connectivity index (χ0n) is 19.5. The highest BCUT2D eigenvalue weighted by atomic mass is 35.5. The molecule has 1 heterocycles. The first-order valence-corrected chi connectivity index (χ1v) is 12.2. The number of ether oxygens (including phenoxy) is 1. The summed E-state index contributed by atoms with van der Waals surface area (Å²) in [4.78, 5) is 17.3.